The Morgan fingerprint density at radius 2 is 1.86 bits per heavy atom. The van der Waals surface area contributed by atoms with Gasteiger partial charge in [0.05, 0.1) is 45.3 Å². The standard InChI is InChI=1S/C25H23BrF3N5O2/c1-14-2-5-20(18(8-14)25(27,28)29)34-17-4-3-16(31-13-17)12-33-23(36)24(6-7-24)10-21(35)15-9-19(26)22(30)32-11-15/h2-5,8-9,11,13,34H,6-7,10,12H2,1H3,(H2,30,32)(H,33,36). The van der Waals surface area contributed by atoms with Crippen LogP contribution in [0.25, 0.3) is 0 Å². The maximum atomic E-state index is 13.4. The summed E-state index contributed by atoms with van der Waals surface area (Å²) in [6, 6.07) is 8.86. The molecule has 2 heterocycles. The fraction of sp³-hybridized carbons (Fsp3) is 0.280. The molecule has 0 radical (unpaired) electrons. The van der Waals surface area contributed by atoms with Crippen LogP contribution in [-0.2, 0) is 17.5 Å². The lowest BCUT2D eigenvalue weighted by atomic mass is 9.95. The summed E-state index contributed by atoms with van der Waals surface area (Å²) in [4.78, 5) is 33.7. The molecule has 188 valence electrons. The molecule has 1 fully saturated rings. The molecule has 0 unspecified atom stereocenters. The number of carbonyl (C=O) groups is 2. The third-order valence-electron chi connectivity index (χ3n) is 6.04. The van der Waals surface area contributed by atoms with Crippen molar-refractivity contribution in [3.8, 4) is 0 Å². The first-order valence-electron chi connectivity index (χ1n) is 11.1. The lowest BCUT2D eigenvalue weighted by molar-refractivity contribution is -0.137. The number of aromatic nitrogens is 2. The predicted molar refractivity (Wildman–Crippen MR) is 133 cm³/mol. The Labute approximate surface area is 213 Å². The summed E-state index contributed by atoms with van der Waals surface area (Å²) in [6.07, 6.45) is -0.433. The normalized spacial score (nSPS) is 14.2. The van der Waals surface area contributed by atoms with Gasteiger partial charge in [0.25, 0.3) is 0 Å². The number of halogens is 4. The van der Waals surface area contributed by atoms with E-state index in [1.165, 1.54) is 18.5 Å². The molecule has 4 N–H and O–H groups in total. The molecule has 0 spiro atoms. The molecule has 0 aliphatic heterocycles. The molecule has 4 rings (SSSR count). The van der Waals surface area contributed by atoms with E-state index >= 15 is 0 Å². The number of aryl methyl sites for hydroxylation is 1. The second kappa shape index (κ2) is 9.88. The number of rotatable bonds is 8. The number of benzene rings is 1. The summed E-state index contributed by atoms with van der Waals surface area (Å²) in [5.74, 6) is -0.158. The molecule has 1 aliphatic rings. The van der Waals surface area contributed by atoms with Gasteiger partial charge in [0.2, 0.25) is 5.91 Å². The number of nitrogens with two attached hydrogens (primary N) is 1. The smallest absolute Gasteiger partial charge is 0.383 e. The summed E-state index contributed by atoms with van der Waals surface area (Å²) in [5, 5.41) is 5.57. The quantitative estimate of drug-likeness (QED) is 0.310. The maximum Gasteiger partial charge on any atom is 0.418 e. The van der Waals surface area contributed by atoms with Crippen molar-refractivity contribution in [2.75, 3.05) is 11.1 Å². The van der Waals surface area contributed by atoms with Gasteiger partial charge in [0.1, 0.15) is 5.82 Å². The van der Waals surface area contributed by atoms with Crippen LogP contribution >= 0.6 is 15.9 Å². The molecule has 1 saturated carbocycles. The monoisotopic (exact) mass is 561 g/mol. The zero-order valence-corrected chi connectivity index (χ0v) is 20.8. The number of amides is 1. The van der Waals surface area contributed by atoms with Crippen LogP contribution in [0.4, 0.5) is 30.4 Å². The van der Waals surface area contributed by atoms with Crippen molar-refractivity contribution in [1.82, 2.24) is 15.3 Å². The van der Waals surface area contributed by atoms with Crippen LogP contribution in [0.3, 0.4) is 0 Å². The average molecular weight is 562 g/mol. The molecular weight excluding hydrogens is 539 g/mol. The van der Waals surface area contributed by atoms with Gasteiger partial charge in [-0.05, 0) is 66.0 Å². The molecule has 0 bridgehead atoms. The van der Waals surface area contributed by atoms with E-state index in [1.807, 2.05) is 0 Å². The summed E-state index contributed by atoms with van der Waals surface area (Å²) in [6.45, 7) is 1.72. The number of hydrogen-bond donors (Lipinski definition) is 3. The summed E-state index contributed by atoms with van der Waals surface area (Å²) in [5.41, 5.74) is 5.87. The molecule has 11 heteroatoms. The fourth-order valence-electron chi connectivity index (χ4n) is 3.76. The number of Topliss-reactive ketones (excluding diaryl/α,β-unsaturated/α-hetero) is 1. The van der Waals surface area contributed by atoms with Gasteiger partial charge >= 0.3 is 6.18 Å². The number of nitrogens with zero attached hydrogens (tertiary/aromatic N) is 2. The second-order valence-corrected chi connectivity index (χ2v) is 9.72. The maximum absolute atomic E-state index is 13.4. The Bertz CT molecular complexity index is 1310. The predicted octanol–water partition coefficient (Wildman–Crippen LogP) is 5.56. The third-order valence-corrected chi connectivity index (χ3v) is 6.68. The molecule has 1 amide bonds. The molecular formula is C25H23BrF3N5O2. The number of hydrogen-bond acceptors (Lipinski definition) is 6. The van der Waals surface area contributed by atoms with Crippen LogP contribution in [0.1, 0.15) is 46.4 Å². The van der Waals surface area contributed by atoms with Crippen molar-refractivity contribution in [2.45, 2.75) is 38.9 Å². The summed E-state index contributed by atoms with van der Waals surface area (Å²) < 4.78 is 40.6. The highest BCUT2D eigenvalue weighted by atomic mass is 79.9. The highest BCUT2D eigenvalue weighted by Gasteiger charge is 2.51. The van der Waals surface area contributed by atoms with Crippen LogP contribution in [0.2, 0.25) is 0 Å². The Morgan fingerprint density at radius 3 is 2.47 bits per heavy atom. The molecule has 0 saturated heterocycles. The number of nitrogen functional groups attached to an aromatic ring is 1. The lowest BCUT2D eigenvalue weighted by Crippen LogP contribution is -2.33. The van der Waals surface area contributed by atoms with E-state index in [4.69, 9.17) is 5.73 Å². The van der Waals surface area contributed by atoms with Crippen LogP contribution in [-0.4, -0.2) is 21.7 Å². The fourth-order valence-corrected chi connectivity index (χ4v) is 4.11. The lowest BCUT2D eigenvalue weighted by Gasteiger charge is -2.16. The van der Waals surface area contributed by atoms with Crippen LogP contribution < -0.4 is 16.4 Å². The Morgan fingerprint density at radius 1 is 1.11 bits per heavy atom. The molecule has 0 atom stereocenters. The Kier molecular flexibility index (Phi) is 7.03. The molecule has 7 nitrogen and oxygen atoms in total. The van der Waals surface area contributed by atoms with Crippen molar-refractivity contribution in [3.63, 3.8) is 0 Å². The van der Waals surface area contributed by atoms with Gasteiger partial charge in [-0.3, -0.25) is 14.6 Å². The largest absolute Gasteiger partial charge is 0.418 e. The molecule has 1 aromatic carbocycles. The number of alkyl halides is 3. The third kappa shape index (κ3) is 5.84. The minimum absolute atomic E-state index is 0.0608. The summed E-state index contributed by atoms with van der Waals surface area (Å²) in [7, 11) is 0. The van der Waals surface area contributed by atoms with Crippen LogP contribution in [0.5, 0.6) is 0 Å². The minimum atomic E-state index is -4.49. The van der Waals surface area contributed by atoms with Crippen molar-refractivity contribution < 1.29 is 22.8 Å². The van der Waals surface area contributed by atoms with Gasteiger partial charge in [0, 0.05) is 18.2 Å². The first kappa shape index (κ1) is 25.6. The Hall–Kier alpha value is -3.47. The number of nitrogens with one attached hydrogen (secondary N) is 2. The van der Waals surface area contributed by atoms with E-state index in [-0.39, 0.29) is 36.2 Å². The van der Waals surface area contributed by atoms with Crippen molar-refractivity contribution >= 4 is 44.8 Å². The van der Waals surface area contributed by atoms with Crippen LogP contribution in [0, 0.1) is 12.3 Å². The molecule has 1 aliphatic carbocycles. The SMILES string of the molecule is Cc1ccc(Nc2ccc(CNC(=O)C3(CC(=O)c4cnc(N)c(Br)c4)CC3)nc2)c(C(F)(F)F)c1. The van der Waals surface area contributed by atoms with Crippen LogP contribution in [0.15, 0.2) is 53.3 Å². The molecule has 36 heavy (non-hydrogen) atoms. The van der Waals surface area contributed by atoms with Crippen molar-refractivity contribution in [1.29, 1.82) is 0 Å². The number of ketones is 1. The zero-order chi connectivity index (χ0) is 26.1. The second-order valence-electron chi connectivity index (χ2n) is 8.86. The van der Waals surface area contributed by atoms with Gasteiger partial charge in [-0.25, -0.2) is 4.98 Å². The van der Waals surface area contributed by atoms with Gasteiger partial charge in [-0.2, -0.15) is 13.2 Å². The minimum Gasteiger partial charge on any atom is -0.383 e. The average Bonchev–Trinajstić information content (AvgIpc) is 3.61. The van der Waals surface area contributed by atoms with Gasteiger partial charge in [-0.15, -0.1) is 0 Å². The number of carbonyl (C=O) groups excluding carboxylic acids is 2. The van der Waals surface area contributed by atoms with E-state index in [9.17, 15) is 22.8 Å². The van der Waals surface area contributed by atoms with E-state index < -0.39 is 17.2 Å². The highest BCUT2D eigenvalue weighted by Crippen LogP contribution is 2.49. The van der Waals surface area contributed by atoms with Crippen molar-refractivity contribution in [3.05, 3.63) is 75.6 Å². The first-order chi connectivity index (χ1) is 17.0. The molecule has 2 aromatic heterocycles. The van der Waals surface area contributed by atoms with Gasteiger partial charge in [0.15, 0.2) is 5.78 Å². The Balaban J connectivity index is 1.35. The number of pyridine rings is 2. The van der Waals surface area contributed by atoms with Gasteiger partial charge in [-0.1, -0.05) is 11.6 Å². The van der Waals surface area contributed by atoms with Crippen molar-refractivity contribution in [2.24, 2.45) is 5.41 Å². The van der Waals surface area contributed by atoms with E-state index in [1.54, 1.807) is 31.2 Å². The first-order valence-corrected chi connectivity index (χ1v) is 11.9. The zero-order valence-electron chi connectivity index (χ0n) is 19.2. The highest BCUT2D eigenvalue weighted by molar-refractivity contribution is 9.10. The number of anilines is 3. The molecule has 3 aromatic rings. The van der Waals surface area contributed by atoms with E-state index in [2.05, 4.69) is 36.5 Å². The topological polar surface area (TPSA) is 110 Å². The van der Waals surface area contributed by atoms with E-state index in [0.29, 0.717) is 39.8 Å². The summed E-state index contributed by atoms with van der Waals surface area (Å²) >= 11 is 3.25. The van der Waals surface area contributed by atoms with Gasteiger partial charge < -0.3 is 16.4 Å². The van der Waals surface area contributed by atoms with E-state index in [0.717, 1.165) is 6.07 Å².